The first-order valence-corrected chi connectivity index (χ1v) is 3.88. The highest BCUT2D eigenvalue weighted by atomic mass is 16.5. The van der Waals surface area contributed by atoms with E-state index in [1.807, 2.05) is 6.92 Å². The Kier molecular flexibility index (Phi) is 6.41. The maximum Gasteiger partial charge on any atom is 0.316 e. The van der Waals surface area contributed by atoms with Crippen molar-refractivity contribution in [1.82, 2.24) is 10.6 Å². The maximum atomic E-state index is 10.9. The van der Waals surface area contributed by atoms with Crippen molar-refractivity contribution in [3.63, 3.8) is 0 Å². The smallest absolute Gasteiger partial charge is 0.316 e. The number of ether oxygens (including phenoxy) is 1. The zero-order valence-corrected chi connectivity index (χ0v) is 7.46. The number of aliphatic hydroxyl groups excluding tert-OH is 1. The molecule has 0 saturated carbocycles. The van der Waals surface area contributed by atoms with Crippen LogP contribution in [-0.4, -0.2) is 37.6 Å². The molecule has 0 aromatic rings. The summed E-state index contributed by atoms with van der Waals surface area (Å²) in [4.78, 5) is 10.9. The van der Waals surface area contributed by atoms with E-state index < -0.39 is 0 Å². The number of amides is 2. The van der Waals surface area contributed by atoms with E-state index in [4.69, 9.17) is 5.11 Å². The molecule has 0 aromatic heterocycles. The van der Waals surface area contributed by atoms with Gasteiger partial charge in [-0.25, -0.2) is 4.79 Å². The first-order chi connectivity index (χ1) is 5.74. The van der Waals surface area contributed by atoms with Crippen molar-refractivity contribution in [2.75, 3.05) is 20.4 Å². The van der Waals surface area contributed by atoms with Gasteiger partial charge in [0, 0.05) is 7.11 Å². The Morgan fingerprint density at radius 1 is 1.67 bits per heavy atom. The largest absolute Gasteiger partial charge is 0.394 e. The average Bonchev–Trinajstić information content (AvgIpc) is 2.10. The van der Waals surface area contributed by atoms with Crippen LogP contribution in [0.3, 0.4) is 0 Å². The molecule has 0 aliphatic carbocycles. The van der Waals surface area contributed by atoms with Crippen LogP contribution < -0.4 is 10.6 Å². The maximum absolute atomic E-state index is 10.9. The highest BCUT2D eigenvalue weighted by molar-refractivity contribution is 5.73. The molecular formula is C7H16N2O3. The molecule has 0 radical (unpaired) electrons. The molecule has 2 amide bonds. The zero-order valence-electron chi connectivity index (χ0n) is 7.46. The first kappa shape index (κ1) is 11.2. The predicted molar refractivity (Wildman–Crippen MR) is 44.7 cm³/mol. The van der Waals surface area contributed by atoms with E-state index in [0.717, 1.165) is 0 Å². The van der Waals surface area contributed by atoms with Gasteiger partial charge in [0.1, 0.15) is 6.73 Å². The molecule has 1 atom stereocenters. The number of rotatable bonds is 5. The van der Waals surface area contributed by atoms with Crippen molar-refractivity contribution < 1.29 is 14.6 Å². The van der Waals surface area contributed by atoms with Crippen LogP contribution in [0.1, 0.15) is 13.3 Å². The van der Waals surface area contributed by atoms with E-state index in [1.54, 1.807) is 0 Å². The van der Waals surface area contributed by atoms with Gasteiger partial charge >= 0.3 is 6.03 Å². The summed E-state index contributed by atoms with van der Waals surface area (Å²) < 4.78 is 4.63. The van der Waals surface area contributed by atoms with Crippen LogP contribution in [0.4, 0.5) is 4.79 Å². The lowest BCUT2D eigenvalue weighted by Crippen LogP contribution is -2.44. The Hall–Kier alpha value is -0.810. The molecule has 0 aromatic carbocycles. The van der Waals surface area contributed by atoms with Crippen LogP contribution in [0.15, 0.2) is 0 Å². The normalized spacial score (nSPS) is 12.2. The monoisotopic (exact) mass is 176 g/mol. The van der Waals surface area contributed by atoms with Gasteiger partial charge in [-0.05, 0) is 6.42 Å². The minimum absolute atomic E-state index is 0.0447. The molecule has 0 bridgehead atoms. The molecule has 0 saturated heterocycles. The number of urea groups is 1. The molecule has 5 nitrogen and oxygen atoms in total. The molecule has 0 spiro atoms. The van der Waals surface area contributed by atoms with Crippen molar-refractivity contribution in [2.24, 2.45) is 0 Å². The SMILES string of the molecule is CCC(CO)NC(=O)NCOC. The van der Waals surface area contributed by atoms with Crippen molar-refractivity contribution in [1.29, 1.82) is 0 Å². The Morgan fingerprint density at radius 2 is 2.33 bits per heavy atom. The highest BCUT2D eigenvalue weighted by Gasteiger charge is 2.07. The van der Waals surface area contributed by atoms with Crippen molar-refractivity contribution in [3.8, 4) is 0 Å². The predicted octanol–water partition coefficient (Wildman–Crippen LogP) is -0.340. The van der Waals surface area contributed by atoms with E-state index >= 15 is 0 Å². The van der Waals surface area contributed by atoms with E-state index in [9.17, 15) is 4.79 Å². The molecule has 72 valence electrons. The summed E-state index contributed by atoms with van der Waals surface area (Å²) in [5.74, 6) is 0. The summed E-state index contributed by atoms with van der Waals surface area (Å²) in [5, 5.41) is 13.7. The summed E-state index contributed by atoms with van der Waals surface area (Å²) in [5.41, 5.74) is 0. The molecule has 0 fully saturated rings. The molecule has 0 rings (SSSR count). The number of aliphatic hydroxyl groups is 1. The Balaban J connectivity index is 3.52. The molecule has 1 unspecified atom stereocenters. The van der Waals surface area contributed by atoms with E-state index in [0.29, 0.717) is 6.42 Å². The zero-order chi connectivity index (χ0) is 9.40. The van der Waals surface area contributed by atoms with Crippen LogP contribution in [-0.2, 0) is 4.74 Å². The molecule has 0 heterocycles. The quantitative estimate of drug-likeness (QED) is 0.502. The molecule has 0 aliphatic heterocycles. The average molecular weight is 176 g/mol. The van der Waals surface area contributed by atoms with Gasteiger partial charge in [-0.3, -0.25) is 0 Å². The Bertz CT molecular complexity index is 126. The molecule has 5 heteroatoms. The topological polar surface area (TPSA) is 70.6 Å². The molecule has 3 N–H and O–H groups in total. The molecule has 12 heavy (non-hydrogen) atoms. The fourth-order valence-electron chi connectivity index (χ4n) is 0.651. The number of carbonyl (C=O) groups excluding carboxylic acids is 1. The van der Waals surface area contributed by atoms with Gasteiger partial charge in [0.05, 0.1) is 12.6 Å². The molecular weight excluding hydrogens is 160 g/mol. The van der Waals surface area contributed by atoms with E-state index in [1.165, 1.54) is 7.11 Å². The lowest BCUT2D eigenvalue weighted by atomic mass is 10.2. The van der Waals surface area contributed by atoms with Crippen LogP contribution >= 0.6 is 0 Å². The van der Waals surface area contributed by atoms with Crippen LogP contribution in [0.5, 0.6) is 0 Å². The van der Waals surface area contributed by atoms with Crippen molar-refractivity contribution in [3.05, 3.63) is 0 Å². The van der Waals surface area contributed by atoms with E-state index in [-0.39, 0.29) is 25.4 Å². The summed E-state index contributed by atoms with van der Waals surface area (Å²) >= 11 is 0. The first-order valence-electron chi connectivity index (χ1n) is 3.88. The number of hydrogen-bond donors (Lipinski definition) is 3. The number of nitrogens with one attached hydrogen (secondary N) is 2. The van der Waals surface area contributed by atoms with Crippen molar-refractivity contribution >= 4 is 6.03 Å². The Morgan fingerprint density at radius 3 is 2.75 bits per heavy atom. The van der Waals surface area contributed by atoms with Gasteiger partial charge in [-0.15, -0.1) is 0 Å². The second-order valence-corrected chi connectivity index (χ2v) is 2.37. The van der Waals surface area contributed by atoms with Crippen LogP contribution in [0.25, 0.3) is 0 Å². The van der Waals surface area contributed by atoms with Crippen molar-refractivity contribution in [2.45, 2.75) is 19.4 Å². The fourth-order valence-corrected chi connectivity index (χ4v) is 0.651. The van der Waals surface area contributed by atoms with Crippen LogP contribution in [0, 0.1) is 0 Å². The standard InChI is InChI=1S/C7H16N2O3/c1-3-6(4-10)9-7(11)8-5-12-2/h6,10H,3-5H2,1-2H3,(H2,8,9,11). The third kappa shape index (κ3) is 4.92. The highest BCUT2D eigenvalue weighted by Crippen LogP contribution is 1.87. The second kappa shape index (κ2) is 6.87. The number of hydrogen-bond acceptors (Lipinski definition) is 3. The fraction of sp³-hybridized carbons (Fsp3) is 0.857. The van der Waals surface area contributed by atoms with Gasteiger partial charge in [0.15, 0.2) is 0 Å². The lowest BCUT2D eigenvalue weighted by molar-refractivity contribution is 0.167. The summed E-state index contributed by atoms with van der Waals surface area (Å²) in [6.07, 6.45) is 0.705. The third-order valence-electron chi connectivity index (χ3n) is 1.43. The third-order valence-corrected chi connectivity index (χ3v) is 1.43. The second-order valence-electron chi connectivity index (χ2n) is 2.37. The van der Waals surface area contributed by atoms with Gasteiger partial charge in [0.25, 0.3) is 0 Å². The van der Waals surface area contributed by atoms with E-state index in [2.05, 4.69) is 15.4 Å². The number of carbonyl (C=O) groups is 1. The van der Waals surface area contributed by atoms with Gasteiger partial charge in [-0.2, -0.15) is 0 Å². The van der Waals surface area contributed by atoms with Gasteiger partial charge in [-0.1, -0.05) is 6.92 Å². The van der Waals surface area contributed by atoms with Gasteiger partial charge < -0.3 is 20.5 Å². The minimum Gasteiger partial charge on any atom is -0.394 e. The summed E-state index contributed by atoms with van der Waals surface area (Å²) in [7, 11) is 1.49. The van der Waals surface area contributed by atoms with Crippen LogP contribution in [0.2, 0.25) is 0 Å². The lowest BCUT2D eigenvalue weighted by Gasteiger charge is -2.13. The minimum atomic E-state index is -0.322. The molecule has 0 aliphatic rings. The van der Waals surface area contributed by atoms with Gasteiger partial charge in [0.2, 0.25) is 0 Å². The summed E-state index contributed by atoms with van der Waals surface area (Å²) in [6.45, 7) is 2.02. The number of methoxy groups -OCH3 is 1. The summed E-state index contributed by atoms with van der Waals surface area (Å²) in [6, 6.07) is -0.500. The Labute approximate surface area is 72.1 Å².